The highest BCUT2D eigenvalue weighted by Crippen LogP contribution is 2.26. The van der Waals surface area contributed by atoms with E-state index in [2.05, 4.69) is 15.9 Å². The molecule has 0 bridgehead atoms. The van der Waals surface area contributed by atoms with Gasteiger partial charge in [-0.1, -0.05) is 6.92 Å². The zero-order valence-corrected chi connectivity index (χ0v) is 13.7. The van der Waals surface area contributed by atoms with Gasteiger partial charge in [0.15, 0.2) is 0 Å². The second kappa shape index (κ2) is 7.83. The zero-order valence-electron chi connectivity index (χ0n) is 11.3. The normalized spacial score (nSPS) is 11.4. The molecule has 0 spiro atoms. The van der Waals surface area contributed by atoms with Crippen LogP contribution in [0, 0.1) is 5.82 Å². The molecule has 0 saturated heterocycles. The fourth-order valence-corrected chi connectivity index (χ4v) is 2.96. The van der Waals surface area contributed by atoms with E-state index in [4.69, 9.17) is 14.6 Å². The summed E-state index contributed by atoms with van der Waals surface area (Å²) in [6.07, 6.45) is 0.837. The SMILES string of the molecule is CCCOCCOC(=O)c1cc(F)c(Br)c(S(N)(=O)=O)c1. The van der Waals surface area contributed by atoms with Gasteiger partial charge < -0.3 is 9.47 Å². The molecule has 1 aromatic carbocycles. The van der Waals surface area contributed by atoms with Crippen LogP contribution in [-0.2, 0) is 19.5 Å². The van der Waals surface area contributed by atoms with Crippen molar-refractivity contribution in [2.75, 3.05) is 19.8 Å². The van der Waals surface area contributed by atoms with Crippen molar-refractivity contribution in [2.24, 2.45) is 5.14 Å². The number of ether oxygens (including phenoxy) is 2. The Morgan fingerprint density at radius 2 is 2.00 bits per heavy atom. The number of benzene rings is 1. The van der Waals surface area contributed by atoms with E-state index in [9.17, 15) is 17.6 Å². The first-order valence-corrected chi connectivity index (χ1v) is 8.38. The maximum Gasteiger partial charge on any atom is 0.338 e. The van der Waals surface area contributed by atoms with Crippen LogP contribution >= 0.6 is 15.9 Å². The van der Waals surface area contributed by atoms with Crippen molar-refractivity contribution in [1.82, 2.24) is 0 Å². The Balaban J connectivity index is 2.84. The molecule has 0 heterocycles. The van der Waals surface area contributed by atoms with Gasteiger partial charge in [-0.05, 0) is 34.5 Å². The lowest BCUT2D eigenvalue weighted by Crippen LogP contribution is -2.16. The predicted molar refractivity (Wildman–Crippen MR) is 76.9 cm³/mol. The fourth-order valence-electron chi connectivity index (χ4n) is 1.41. The molecular weight excluding hydrogens is 369 g/mol. The highest BCUT2D eigenvalue weighted by Gasteiger charge is 2.20. The highest BCUT2D eigenvalue weighted by molar-refractivity contribution is 9.10. The van der Waals surface area contributed by atoms with Crippen molar-refractivity contribution in [3.05, 3.63) is 28.0 Å². The Morgan fingerprint density at radius 3 is 2.57 bits per heavy atom. The number of hydrogen-bond donors (Lipinski definition) is 1. The lowest BCUT2D eigenvalue weighted by Gasteiger charge is -2.08. The third kappa shape index (κ3) is 5.34. The molecule has 0 amide bonds. The average molecular weight is 384 g/mol. The van der Waals surface area contributed by atoms with Crippen LogP contribution in [0.15, 0.2) is 21.5 Å². The minimum Gasteiger partial charge on any atom is -0.460 e. The van der Waals surface area contributed by atoms with E-state index in [0.717, 1.165) is 18.6 Å². The molecule has 1 rings (SSSR count). The number of carbonyl (C=O) groups is 1. The minimum atomic E-state index is -4.16. The molecule has 0 saturated carbocycles. The molecule has 6 nitrogen and oxygen atoms in total. The highest BCUT2D eigenvalue weighted by atomic mass is 79.9. The molecule has 2 N–H and O–H groups in total. The number of esters is 1. The first-order valence-electron chi connectivity index (χ1n) is 6.04. The summed E-state index contributed by atoms with van der Waals surface area (Å²) < 4.78 is 45.9. The van der Waals surface area contributed by atoms with Crippen LogP contribution in [0.5, 0.6) is 0 Å². The van der Waals surface area contributed by atoms with Gasteiger partial charge in [0.1, 0.15) is 12.4 Å². The molecule has 9 heteroatoms. The van der Waals surface area contributed by atoms with Crippen molar-refractivity contribution in [2.45, 2.75) is 18.2 Å². The lowest BCUT2D eigenvalue weighted by atomic mass is 10.2. The topological polar surface area (TPSA) is 95.7 Å². The summed E-state index contributed by atoms with van der Waals surface area (Å²) in [4.78, 5) is 11.2. The molecule has 0 aromatic heterocycles. The van der Waals surface area contributed by atoms with Gasteiger partial charge in [0.25, 0.3) is 0 Å². The van der Waals surface area contributed by atoms with Crippen LogP contribution in [0.4, 0.5) is 4.39 Å². The van der Waals surface area contributed by atoms with E-state index >= 15 is 0 Å². The minimum absolute atomic E-state index is 0.0127. The number of nitrogens with two attached hydrogens (primary N) is 1. The average Bonchev–Trinajstić information content (AvgIpc) is 2.39. The van der Waals surface area contributed by atoms with Crippen LogP contribution in [0.1, 0.15) is 23.7 Å². The molecule has 0 aliphatic carbocycles. The molecule has 0 atom stereocenters. The van der Waals surface area contributed by atoms with Crippen molar-refractivity contribution in [1.29, 1.82) is 0 Å². The number of sulfonamides is 1. The largest absolute Gasteiger partial charge is 0.460 e. The third-order valence-corrected chi connectivity index (χ3v) is 4.35. The van der Waals surface area contributed by atoms with Crippen molar-refractivity contribution in [3.63, 3.8) is 0 Å². The number of halogens is 2. The number of primary sulfonamides is 1. The molecule has 1 aromatic rings. The van der Waals surface area contributed by atoms with Gasteiger partial charge in [-0.15, -0.1) is 0 Å². The molecule has 118 valence electrons. The molecule has 21 heavy (non-hydrogen) atoms. The fraction of sp³-hybridized carbons (Fsp3) is 0.417. The Labute approximate surface area is 130 Å². The van der Waals surface area contributed by atoms with E-state index in [0.29, 0.717) is 6.61 Å². The van der Waals surface area contributed by atoms with Crippen molar-refractivity contribution in [3.8, 4) is 0 Å². The summed E-state index contributed by atoms with van der Waals surface area (Å²) in [5.41, 5.74) is -0.241. The van der Waals surface area contributed by atoms with Gasteiger partial charge in [0.2, 0.25) is 10.0 Å². The zero-order chi connectivity index (χ0) is 16.0. The van der Waals surface area contributed by atoms with Crippen LogP contribution in [0.25, 0.3) is 0 Å². The molecule has 0 aliphatic heterocycles. The molecule has 0 aliphatic rings. The van der Waals surface area contributed by atoms with Gasteiger partial charge >= 0.3 is 5.97 Å². The van der Waals surface area contributed by atoms with Gasteiger partial charge in [0.05, 0.1) is 21.5 Å². The summed E-state index contributed by atoms with van der Waals surface area (Å²) in [6, 6.07) is 1.83. The van der Waals surface area contributed by atoms with Crippen molar-refractivity contribution >= 4 is 31.9 Å². The number of rotatable bonds is 7. The lowest BCUT2D eigenvalue weighted by molar-refractivity contribution is 0.0318. The summed E-state index contributed by atoms with van der Waals surface area (Å²) in [7, 11) is -4.16. The Kier molecular flexibility index (Phi) is 6.72. The van der Waals surface area contributed by atoms with Crippen LogP contribution in [0.3, 0.4) is 0 Å². The molecular formula is C12H15BrFNO5S. The second-order valence-corrected chi connectivity index (χ2v) is 6.39. The number of hydrogen-bond acceptors (Lipinski definition) is 5. The van der Waals surface area contributed by atoms with Gasteiger partial charge in [0, 0.05) is 6.61 Å². The van der Waals surface area contributed by atoms with E-state index in [1.54, 1.807) is 0 Å². The predicted octanol–water partition coefficient (Wildman–Crippen LogP) is 1.82. The Morgan fingerprint density at radius 1 is 1.33 bits per heavy atom. The van der Waals surface area contributed by atoms with Crippen LogP contribution in [-0.4, -0.2) is 34.2 Å². The van der Waals surface area contributed by atoms with E-state index in [1.165, 1.54) is 0 Å². The van der Waals surface area contributed by atoms with Gasteiger partial charge in [-0.2, -0.15) is 0 Å². The monoisotopic (exact) mass is 383 g/mol. The first-order chi connectivity index (χ1) is 9.77. The summed E-state index contributed by atoms with van der Waals surface area (Å²) in [5, 5.41) is 4.95. The van der Waals surface area contributed by atoms with Gasteiger partial charge in [-0.3, -0.25) is 0 Å². The van der Waals surface area contributed by atoms with Gasteiger partial charge in [-0.25, -0.2) is 22.7 Å². The second-order valence-electron chi connectivity index (χ2n) is 4.06. The van der Waals surface area contributed by atoms with E-state index in [-0.39, 0.29) is 23.2 Å². The van der Waals surface area contributed by atoms with E-state index < -0.39 is 26.7 Å². The maximum atomic E-state index is 13.6. The Bertz CT molecular complexity index is 620. The standard InChI is InChI=1S/C12H15BrFNO5S/c1-2-3-19-4-5-20-12(16)8-6-9(14)11(13)10(7-8)21(15,17)18/h6-7H,2-5H2,1H3,(H2,15,17,18). The first kappa shape index (κ1) is 18.0. The summed E-state index contributed by atoms with van der Waals surface area (Å²) in [6.45, 7) is 2.67. The molecule has 0 radical (unpaired) electrons. The van der Waals surface area contributed by atoms with Crippen LogP contribution < -0.4 is 5.14 Å². The Hall–Kier alpha value is -1.03. The third-order valence-electron chi connectivity index (χ3n) is 2.35. The maximum absolute atomic E-state index is 13.6. The molecule has 0 fully saturated rings. The van der Waals surface area contributed by atoms with Crippen molar-refractivity contribution < 1.29 is 27.1 Å². The summed E-state index contributed by atoms with van der Waals surface area (Å²) >= 11 is 2.77. The quantitative estimate of drug-likeness (QED) is 0.572. The molecule has 0 unspecified atom stereocenters. The number of carbonyl (C=O) groups excluding carboxylic acids is 1. The van der Waals surface area contributed by atoms with Crippen LogP contribution in [0.2, 0.25) is 0 Å². The smallest absolute Gasteiger partial charge is 0.338 e. The summed E-state index contributed by atoms with van der Waals surface area (Å²) in [5.74, 6) is -1.78. The van der Waals surface area contributed by atoms with E-state index in [1.807, 2.05) is 6.92 Å².